The Morgan fingerprint density at radius 3 is 2.12 bits per heavy atom. The topological polar surface area (TPSA) is 12.4 Å². The van der Waals surface area contributed by atoms with Crippen molar-refractivity contribution in [2.24, 2.45) is 4.99 Å². The average molecular weight is 113 g/mol. The summed E-state index contributed by atoms with van der Waals surface area (Å²) in [4.78, 5) is 4.25. The lowest BCUT2D eigenvalue weighted by molar-refractivity contribution is 0.507. The number of hydrogen-bond acceptors (Lipinski definition) is 1. The largest absolute Gasteiger partial charge is 0.292 e. The summed E-state index contributed by atoms with van der Waals surface area (Å²) in [5, 5.41) is 0. The third kappa shape index (κ3) is 2.78. The van der Waals surface area contributed by atoms with Crippen LogP contribution in [0.2, 0.25) is 0 Å². The first-order chi connectivity index (χ1) is 3.62. The van der Waals surface area contributed by atoms with E-state index in [0.29, 0.717) is 0 Å². The molecule has 1 heteroatoms. The highest BCUT2D eigenvalue weighted by atomic mass is 14.8. The highest BCUT2D eigenvalue weighted by Crippen LogP contribution is 2.11. The zero-order chi connectivity index (χ0) is 6.62. The van der Waals surface area contributed by atoms with Crippen molar-refractivity contribution < 1.29 is 0 Å². The fraction of sp³-hybridized carbons (Fsp3) is 0.857. The molecular weight excluding hydrogens is 98.1 g/mol. The lowest BCUT2D eigenvalue weighted by atomic mass is 10.0. The normalized spacial score (nSPS) is 13.0. The first kappa shape index (κ1) is 7.67. The number of nitrogens with zero attached hydrogens (tertiary/aromatic N) is 1. The van der Waals surface area contributed by atoms with Gasteiger partial charge in [0.15, 0.2) is 0 Å². The van der Waals surface area contributed by atoms with Gasteiger partial charge in [0.25, 0.3) is 0 Å². The third-order valence-electron chi connectivity index (χ3n) is 1.34. The quantitative estimate of drug-likeness (QED) is 0.487. The summed E-state index contributed by atoms with van der Waals surface area (Å²) in [6.07, 6.45) is 2.97. The molecule has 0 saturated carbocycles. The van der Waals surface area contributed by atoms with E-state index >= 15 is 0 Å². The minimum absolute atomic E-state index is 0.161. The molecule has 0 unspecified atom stereocenters. The van der Waals surface area contributed by atoms with Gasteiger partial charge in [0.05, 0.1) is 5.54 Å². The second kappa shape index (κ2) is 2.85. The molecule has 0 aromatic heterocycles. The first-order valence-corrected chi connectivity index (χ1v) is 3.12. The van der Waals surface area contributed by atoms with Crippen LogP contribution in [-0.4, -0.2) is 11.8 Å². The Balaban J connectivity index is 3.71. The van der Waals surface area contributed by atoms with E-state index in [2.05, 4.69) is 25.8 Å². The SMILES string of the molecule is C/C=N\C(C)(C)CC. The van der Waals surface area contributed by atoms with E-state index < -0.39 is 0 Å². The van der Waals surface area contributed by atoms with Crippen LogP contribution < -0.4 is 0 Å². The zero-order valence-corrected chi connectivity index (χ0v) is 6.23. The molecule has 0 aromatic carbocycles. The predicted octanol–water partition coefficient (Wildman–Crippen LogP) is 2.27. The van der Waals surface area contributed by atoms with Crippen LogP contribution in [0.3, 0.4) is 0 Å². The van der Waals surface area contributed by atoms with E-state index in [1.165, 1.54) is 0 Å². The summed E-state index contributed by atoms with van der Waals surface area (Å²) >= 11 is 0. The van der Waals surface area contributed by atoms with Crippen LogP contribution in [-0.2, 0) is 0 Å². The number of rotatable bonds is 2. The fourth-order valence-corrected chi connectivity index (χ4v) is 0.441. The molecule has 0 aliphatic heterocycles. The van der Waals surface area contributed by atoms with Crippen LogP contribution in [0.25, 0.3) is 0 Å². The molecule has 0 atom stereocenters. The van der Waals surface area contributed by atoms with Crippen LogP contribution in [0, 0.1) is 0 Å². The van der Waals surface area contributed by atoms with Gasteiger partial charge in [-0.3, -0.25) is 4.99 Å². The molecule has 0 aromatic rings. The zero-order valence-electron chi connectivity index (χ0n) is 6.23. The van der Waals surface area contributed by atoms with Crippen molar-refractivity contribution in [3.05, 3.63) is 0 Å². The Morgan fingerprint density at radius 1 is 1.50 bits per heavy atom. The fourth-order valence-electron chi connectivity index (χ4n) is 0.441. The van der Waals surface area contributed by atoms with Gasteiger partial charge in [-0.15, -0.1) is 0 Å². The summed E-state index contributed by atoms with van der Waals surface area (Å²) in [6, 6.07) is 0. The van der Waals surface area contributed by atoms with Crippen molar-refractivity contribution in [2.75, 3.05) is 0 Å². The van der Waals surface area contributed by atoms with Crippen molar-refractivity contribution in [3.8, 4) is 0 Å². The van der Waals surface area contributed by atoms with Crippen LogP contribution in [0.5, 0.6) is 0 Å². The molecule has 48 valence electrons. The van der Waals surface area contributed by atoms with Gasteiger partial charge in [0, 0.05) is 0 Å². The lowest BCUT2D eigenvalue weighted by Gasteiger charge is -2.15. The summed E-state index contributed by atoms with van der Waals surface area (Å²) in [6.45, 7) is 8.37. The molecule has 0 N–H and O–H groups in total. The molecule has 8 heavy (non-hydrogen) atoms. The van der Waals surface area contributed by atoms with Crippen molar-refractivity contribution in [3.63, 3.8) is 0 Å². The van der Waals surface area contributed by atoms with Crippen molar-refractivity contribution in [1.82, 2.24) is 0 Å². The van der Waals surface area contributed by atoms with E-state index in [1.807, 2.05) is 13.1 Å². The van der Waals surface area contributed by atoms with Gasteiger partial charge >= 0.3 is 0 Å². The molecule has 0 saturated heterocycles. The monoisotopic (exact) mass is 113 g/mol. The van der Waals surface area contributed by atoms with Gasteiger partial charge in [-0.1, -0.05) is 6.92 Å². The van der Waals surface area contributed by atoms with Crippen LogP contribution in [0.1, 0.15) is 34.1 Å². The molecule has 0 amide bonds. The Kier molecular flexibility index (Phi) is 2.74. The molecule has 0 rings (SSSR count). The second-order valence-electron chi connectivity index (χ2n) is 2.55. The van der Waals surface area contributed by atoms with Crippen LogP contribution in [0.4, 0.5) is 0 Å². The average Bonchev–Trinajstić information content (AvgIpc) is 1.67. The summed E-state index contributed by atoms with van der Waals surface area (Å²) in [5.74, 6) is 0. The predicted molar refractivity (Wildman–Crippen MR) is 38.5 cm³/mol. The molecule has 0 aliphatic carbocycles. The minimum Gasteiger partial charge on any atom is -0.292 e. The molecule has 1 nitrogen and oxygen atoms in total. The molecule has 0 radical (unpaired) electrons. The summed E-state index contributed by atoms with van der Waals surface area (Å²) in [5.41, 5.74) is 0.161. The summed E-state index contributed by atoms with van der Waals surface area (Å²) < 4.78 is 0. The van der Waals surface area contributed by atoms with Gasteiger partial charge < -0.3 is 0 Å². The maximum atomic E-state index is 4.25. The molecule has 0 bridgehead atoms. The Labute approximate surface area is 51.8 Å². The molecular formula is C7H15N. The Morgan fingerprint density at radius 2 is 2.00 bits per heavy atom. The third-order valence-corrected chi connectivity index (χ3v) is 1.34. The molecule has 0 spiro atoms. The van der Waals surface area contributed by atoms with Gasteiger partial charge in [0.1, 0.15) is 0 Å². The maximum Gasteiger partial charge on any atom is 0.0545 e. The van der Waals surface area contributed by atoms with E-state index in [1.54, 1.807) is 0 Å². The van der Waals surface area contributed by atoms with E-state index in [4.69, 9.17) is 0 Å². The second-order valence-corrected chi connectivity index (χ2v) is 2.55. The van der Waals surface area contributed by atoms with Crippen molar-refractivity contribution in [1.29, 1.82) is 0 Å². The molecule has 0 heterocycles. The Bertz CT molecular complexity index is 82.4. The van der Waals surface area contributed by atoms with E-state index in [0.717, 1.165) is 6.42 Å². The highest BCUT2D eigenvalue weighted by Gasteiger charge is 2.09. The Hall–Kier alpha value is -0.330. The summed E-state index contributed by atoms with van der Waals surface area (Å²) in [7, 11) is 0. The standard InChI is InChI=1S/C7H15N/c1-5-7(3,4)8-6-2/h6H,5H2,1-4H3/b8-6-. The van der Waals surface area contributed by atoms with Gasteiger partial charge in [-0.05, 0) is 33.4 Å². The lowest BCUT2D eigenvalue weighted by Crippen LogP contribution is -2.13. The molecule has 0 fully saturated rings. The van der Waals surface area contributed by atoms with E-state index in [-0.39, 0.29) is 5.54 Å². The minimum atomic E-state index is 0.161. The highest BCUT2D eigenvalue weighted by molar-refractivity contribution is 5.53. The number of hydrogen-bond donors (Lipinski definition) is 0. The first-order valence-electron chi connectivity index (χ1n) is 3.12. The van der Waals surface area contributed by atoms with Gasteiger partial charge in [-0.2, -0.15) is 0 Å². The van der Waals surface area contributed by atoms with Crippen LogP contribution >= 0.6 is 0 Å². The van der Waals surface area contributed by atoms with E-state index in [9.17, 15) is 0 Å². The van der Waals surface area contributed by atoms with Crippen molar-refractivity contribution >= 4 is 6.21 Å². The van der Waals surface area contributed by atoms with Crippen molar-refractivity contribution in [2.45, 2.75) is 39.7 Å². The van der Waals surface area contributed by atoms with Gasteiger partial charge in [0.2, 0.25) is 0 Å². The van der Waals surface area contributed by atoms with Crippen LogP contribution in [0.15, 0.2) is 4.99 Å². The maximum absolute atomic E-state index is 4.25. The smallest absolute Gasteiger partial charge is 0.0545 e. The molecule has 0 aliphatic rings. The van der Waals surface area contributed by atoms with Gasteiger partial charge in [-0.25, -0.2) is 0 Å². The number of aliphatic imine (C=N–C) groups is 1.